The zero-order valence-electron chi connectivity index (χ0n) is 29.6. The van der Waals surface area contributed by atoms with Crippen molar-refractivity contribution in [3.63, 3.8) is 0 Å². The highest BCUT2D eigenvalue weighted by Gasteiger charge is 2.19. The van der Waals surface area contributed by atoms with E-state index in [-0.39, 0.29) is 0 Å². The number of anilines is 3. The van der Waals surface area contributed by atoms with Gasteiger partial charge in [0.15, 0.2) is 0 Å². The molecule has 0 atom stereocenters. The van der Waals surface area contributed by atoms with Crippen LogP contribution in [0.4, 0.5) is 17.1 Å². The minimum atomic E-state index is 1.11. The highest BCUT2D eigenvalue weighted by molar-refractivity contribution is 7.26. The monoisotopic (exact) mass is 705 g/mol. The molecule has 0 fully saturated rings. The van der Waals surface area contributed by atoms with Gasteiger partial charge in [-0.3, -0.25) is 0 Å². The molecule has 9 aromatic carbocycles. The Morgan fingerprint density at radius 1 is 0.296 bits per heavy atom. The van der Waals surface area contributed by atoms with Crippen molar-refractivity contribution in [1.82, 2.24) is 0 Å². The first-order valence-electron chi connectivity index (χ1n) is 18.4. The molecule has 0 aliphatic rings. The fourth-order valence-corrected chi connectivity index (χ4v) is 8.90. The maximum atomic E-state index is 2.41. The maximum absolute atomic E-state index is 2.41. The van der Waals surface area contributed by atoms with Gasteiger partial charge in [0.25, 0.3) is 0 Å². The van der Waals surface area contributed by atoms with Gasteiger partial charge in [-0.15, -0.1) is 11.3 Å². The Labute approximate surface area is 319 Å². The molecule has 1 aromatic heterocycles. The lowest BCUT2D eigenvalue weighted by Gasteiger charge is -2.27. The summed E-state index contributed by atoms with van der Waals surface area (Å²) < 4.78 is 2.60. The van der Waals surface area contributed by atoms with Gasteiger partial charge in [0, 0.05) is 42.8 Å². The van der Waals surface area contributed by atoms with Gasteiger partial charge >= 0.3 is 0 Å². The summed E-state index contributed by atoms with van der Waals surface area (Å²) in [7, 11) is 0. The normalized spacial score (nSPS) is 11.3. The standard InChI is InChI=1S/C52H35NS/c1-3-11-36(12-4-1)39-19-22-42(23-20-39)49-34-47(35-50-48-17-9-10-18-51(48)54-52(49)50)53(45-29-25-40(26-30-45)37-13-5-2-6-14-37)46-31-27-41(28-32-46)44-24-21-38-15-7-8-16-43(38)33-44/h1-35H. The lowest BCUT2D eigenvalue weighted by atomic mass is 9.97. The fourth-order valence-electron chi connectivity index (χ4n) is 7.68. The van der Waals surface area contributed by atoms with Crippen molar-refractivity contribution in [1.29, 1.82) is 0 Å². The van der Waals surface area contributed by atoms with Crippen molar-refractivity contribution in [3.05, 3.63) is 212 Å². The highest BCUT2D eigenvalue weighted by atomic mass is 32.1. The van der Waals surface area contributed by atoms with Crippen LogP contribution in [0.2, 0.25) is 0 Å². The third-order valence-corrected chi connectivity index (χ3v) is 11.7. The molecule has 54 heavy (non-hydrogen) atoms. The molecular weight excluding hydrogens is 671 g/mol. The topological polar surface area (TPSA) is 3.24 Å². The van der Waals surface area contributed by atoms with Crippen molar-refractivity contribution in [3.8, 4) is 44.5 Å². The van der Waals surface area contributed by atoms with Crippen LogP contribution in [0.5, 0.6) is 0 Å². The van der Waals surface area contributed by atoms with Gasteiger partial charge in [-0.2, -0.15) is 0 Å². The van der Waals surface area contributed by atoms with E-state index >= 15 is 0 Å². The van der Waals surface area contributed by atoms with Gasteiger partial charge in [-0.25, -0.2) is 0 Å². The predicted molar refractivity (Wildman–Crippen MR) is 233 cm³/mol. The molecular formula is C52H35NS. The molecule has 0 amide bonds. The van der Waals surface area contributed by atoms with Gasteiger partial charge in [0.2, 0.25) is 0 Å². The molecule has 0 spiro atoms. The van der Waals surface area contributed by atoms with E-state index in [2.05, 4.69) is 217 Å². The van der Waals surface area contributed by atoms with E-state index < -0.39 is 0 Å². The second-order valence-electron chi connectivity index (χ2n) is 13.8. The average Bonchev–Trinajstić information content (AvgIpc) is 3.63. The van der Waals surface area contributed by atoms with Crippen molar-refractivity contribution < 1.29 is 0 Å². The van der Waals surface area contributed by atoms with Crippen molar-refractivity contribution >= 4 is 59.3 Å². The quantitative estimate of drug-likeness (QED) is 0.160. The van der Waals surface area contributed by atoms with E-state index in [0.717, 1.165) is 17.1 Å². The fraction of sp³-hybridized carbons (Fsp3) is 0. The highest BCUT2D eigenvalue weighted by Crippen LogP contribution is 2.46. The second-order valence-corrected chi connectivity index (χ2v) is 14.8. The molecule has 10 rings (SSSR count). The SMILES string of the molecule is c1ccc(-c2ccc(-c3cc(N(c4ccc(-c5ccccc5)cc4)c4ccc(-c5ccc6ccccc6c5)cc4)cc4c3sc3ccccc34)cc2)cc1. The molecule has 1 heterocycles. The molecule has 0 aliphatic heterocycles. The minimum absolute atomic E-state index is 1.11. The molecule has 0 radical (unpaired) electrons. The van der Waals surface area contributed by atoms with E-state index in [0.29, 0.717) is 0 Å². The number of rotatable bonds is 7. The maximum Gasteiger partial charge on any atom is 0.0475 e. The Balaban J connectivity index is 1.14. The zero-order chi connectivity index (χ0) is 35.8. The molecule has 254 valence electrons. The summed E-state index contributed by atoms with van der Waals surface area (Å²) in [5, 5.41) is 5.06. The van der Waals surface area contributed by atoms with Gasteiger partial charge in [0.05, 0.1) is 0 Å². The van der Waals surface area contributed by atoms with Crippen molar-refractivity contribution in [2.45, 2.75) is 0 Å². The Morgan fingerprint density at radius 3 is 1.43 bits per heavy atom. The number of nitrogens with zero attached hydrogens (tertiary/aromatic N) is 1. The molecule has 10 aromatic rings. The van der Waals surface area contributed by atoms with Crippen LogP contribution in [0, 0.1) is 0 Å². The van der Waals surface area contributed by atoms with Crippen LogP contribution < -0.4 is 4.90 Å². The van der Waals surface area contributed by atoms with Crippen molar-refractivity contribution in [2.24, 2.45) is 0 Å². The Bertz CT molecular complexity index is 2890. The number of hydrogen-bond donors (Lipinski definition) is 0. The first-order chi connectivity index (χ1) is 26.7. The van der Waals surface area contributed by atoms with Gasteiger partial charge in [-0.05, 0) is 98.2 Å². The molecule has 0 saturated carbocycles. The second kappa shape index (κ2) is 13.7. The van der Waals surface area contributed by atoms with Gasteiger partial charge in [0.1, 0.15) is 0 Å². The van der Waals surface area contributed by atoms with Crippen molar-refractivity contribution in [2.75, 3.05) is 4.90 Å². The summed E-state index contributed by atoms with van der Waals surface area (Å²) >= 11 is 1.88. The smallest absolute Gasteiger partial charge is 0.0475 e. The number of hydrogen-bond acceptors (Lipinski definition) is 2. The molecule has 2 heteroatoms. The zero-order valence-corrected chi connectivity index (χ0v) is 30.4. The summed E-state index contributed by atoms with van der Waals surface area (Å²) in [6, 6.07) is 77.2. The van der Waals surface area contributed by atoms with Crippen LogP contribution in [0.3, 0.4) is 0 Å². The summed E-state index contributed by atoms with van der Waals surface area (Å²) in [5.74, 6) is 0. The van der Waals surface area contributed by atoms with E-state index in [1.807, 2.05) is 11.3 Å². The Hall–Kier alpha value is -6.74. The number of thiophene rings is 1. The molecule has 0 unspecified atom stereocenters. The first kappa shape index (κ1) is 32.0. The third-order valence-electron chi connectivity index (χ3n) is 10.5. The predicted octanol–water partition coefficient (Wildman–Crippen LogP) is 15.3. The van der Waals surface area contributed by atoms with Crippen LogP contribution in [-0.2, 0) is 0 Å². The van der Waals surface area contributed by atoms with Gasteiger partial charge < -0.3 is 4.90 Å². The average molecular weight is 706 g/mol. The van der Waals surface area contributed by atoms with E-state index in [4.69, 9.17) is 0 Å². The molecule has 0 aliphatic carbocycles. The minimum Gasteiger partial charge on any atom is -0.310 e. The summed E-state index contributed by atoms with van der Waals surface area (Å²) in [4.78, 5) is 2.41. The summed E-state index contributed by atoms with van der Waals surface area (Å²) in [5.41, 5.74) is 13.0. The largest absolute Gasteiger partial charge is 0.310 e. The molecule has 0 bridgehead atoms. The molecule has 1 nitrogen and oxygen atoms in total. The van der Waals surface area contributed by atoms with Crippen LogP contribution in [-0.4, -0.2) is 0 Å². The lowest BCUT2D eigenvalue weighted by Crippen LogP contribution is -2.10. The van der Waals surface area contributed by atoms with Gasteiger partial charge in [-0.1, -0.05) is 164 Å². The van der Waals surface area contributed by atoms with E-state index in [1.165, 1.54) is 75.5 Å². The first-order valence-corrected chi connectivity index (χ1v) is 19.2. The van der Waals surface area contributed by atoms with Crippen LogP contribution in [0.1, 0.15) is 0 Å². The lowest BCUT2D eigenvalue weighted by molar-refractivity contribution is 1.29. The number of fused-ring (bicyclic) bond motifs is 4. The van der Waals surface area contributed by atoms with E-state index in [1.54, 1.807) is 0 Å². The molecule has 0 saturated heterocycles. The summed E-state index contributed by atoms with van der Waals surface area (Å²) in [6.07, 6.45) is 0. The van der Waals surface area contributed by atoms with Crippen LogP contribution in [0.15, 0.2) is 212 Å². The summed E-state index contributed by atoms with van der Waals surface area (Å²) in [6.45, 7) is 0. The Kier molecular flexibility index (Phi) is 8.09. The number of benzene rings is 9. The Morgan fingerprint density at radius 2 is 0.778 bits per heavy atom. The van der Waals surface area contributed by atoms with Crippen LogP contribution >= 0.6 is 11.3 Å². The third kappa shape index (κ3) is 5.93. The van der Waals surface area contributed by atoms with Crippen LogP contribution in [0.25, 0.3) is 75.5 Å². The van der Waals surface area contributed by atoms with E-state index in [9.17, 15) is 0 Å². The molecule has 0 N–H and O–H groups in total.